The first-order valence-electron chi connectivity index (χ1n) is 16.0. The summed E-state index contributed by atoms with van der Waals surface area (Å²) in [7, 11) is 1.90. The molecule has 3 aromatic rings. The second-order valence-corrected chi connectivity index (χ2v) is 12.9. The number of benzene rings is 2. The molecule has 1 aromatic heterocycles. The molecule has 3 aliphatic rings. The predicted octanol–water partition coefficient (Wildman–Crippen LogP) is 4.77. The Morgan fingerprint density at radius 3 is 2.72 bits per heavy atom. The van der Waals surface area contributed by atoms with Gasteiger partial charge >= 0.3 is 6.01 Å². The number of likely N-dealkylation sites (tertiary alicyclic amines) is 1. The largest absolute Gasteiger partial charge is 0.462 e. The van der Waals surface area contributed by atoms with Gasteiger partial charge in [0.2, 0.25) is 5.91 Å². The molecule has 2 fully saturated rings. The first-order valence-corrected chi connectivity index (χ1v) is 16.0. The molecule has 6 rings (SSSR count). The van der Waals surface area contributed by atoms with Gasteiger partial charge in [0, 0.05) is 61.5 Å². The number of carbonyl (C=O) groups excluding carboxylic acids is 1. The van der Waals surface area contributed by atoms with Crippen LogP contribution in [-0.4, -0.2) is 96.5 Å². The summed E-state index contributed by atoms with van der Waals surface area (Å²) in [6.07, 6.45) is 2.78. The maximum Gasteiger partial charge on any atom is 0.318 e. The number of nitriles is 1. The van der Waals surface area contributed by atoms with Crippen molar-refractivity contribution in [1.29, 1.82) is 5.26 Å². The number of allylic oxidation sites excluding steroid dienone is 1. The van der Waals surface area contributed by atoms with Crippen LogP contribution in [0, 0.1) is 18.3 Å². The van der Waals surface area contributed by atoms with E-state index < -0.39 is 18.4 Å². The maximum absolute atomic E-state index is 14.1. The second-order valence-electron chi connectivity index (χ2n) is 12.9. The summed E-state index contributed by atoms with van der Waals surface area (Å²) in [5.41, 5.74) is 3.45. The van der Waals surface area contributed by atoms with Gasteiger partial charge in [0.15, 0.2) is 0 Å². The first kappa shape index (κ1) is 31.7. The van der Waals surface area contributed by atoms with Gasteiger partial charge in [-0.05, 0) is 56.8 Å². The van der Waals surface area contributed by atoms with Crippen molar-refractivity contribution in [3.63, 3.8) is 0 Å². The highest BCUT2D eigenvalue weighted by molar-refractivity contribution is 5.97. The Morgan fingerprint density at radius 1 is 1.17 bits per heavy atom. The lowest BCUT2D eigenvalue weighted by molar-refractivity contribution is -0.132. The van der Waals surface area contributed by atoms with E-state index in [9.17, 15) is 18.8 Å². The number of amides is 1. The summed E-state index contributed by atoms with van der Waals surface area (Å²) in [6.45, 7) is 6.50. The number of alkyl halides is 2. The molecule has 2 aromatic carbocycles. The summed E-state index contributed by atoms with van der Waals surface area (Å²) in [5, 5.41) is 12.1. The van der Waals surface area contributed by atoms with E-state index >= 15 is 0 Å². The number of carbonyl (C=O) groups is 1. The van der Waals surface area contributed by atoms with Crippen LogP contribution in [0.15, 0.2) is 48.6 Å². The van der Waals surface area contributed by atoms with Crippen molar-refractivity contribution in [2.75, 3.05) is 62.9 Å². The molecule has 0 aliphatic carbocycles. The molecule has 0 bridgehead atoms. The molecule has 9 nitrogen and oxygen atoms in total. The number of hydrogen-bond acceptors (Lipinski definition) is 8. The van der Waals surface area contributed by atoms with E-state index in [-0.39, 0.29) is 31.0 Å². The van der Waals surface area contributed by atoms with E-state index in [0.717, 1.165) is 29.3 Å². The number of hydrogen-bond donors (Lipinski definition) is 0. The molecule has 11 heteroatoms. The average Bonchev–Trinajstić information content (AvgIpc) is 3.37. The number of aryl methyl sites for hydroxylation is 1. The number of halogens is 2. The Kier molecular flexibility index (Phi) is 9.09. The fourth-order valence-corrected chi connectivity index (χ4v) is 7.25. The van der Waals surface area contributed by atoms with Crippen LogP contribution in [0.1, 0.15) is 36.6 Å². The number of nitrogens with zero attached hydrogens (tertiary/aromatic N) is 7. The third kappa shape index (κ3) is 6.23. The average molecular weight is 630 g/mol. The highest BCUT2D eigenvalue weighted by Crippen LogP contribution is 2.37. The topological polar surface area (TPSA) is 88.8 Å². The number of aromatic nitrogens is 2. The van der Waals surface area contributed by atoms with Crippen LogP contribution in [0.4, 0.5) is 20.3 Å². The summed E-state index contributed by atoms with van der Waals surface area (Å²) < 4.78 is 33.1. The normalized spacial score (nSPS) is 23.6. The molecule has 0 saturated carbocycles. The van der Waals surface area contributed by atoms with Crippen molar-refractivity contribution < 1.29 is 18.3 Å². The molecule has 3 atom stereocenters. The molecule has 2 saturated heterocycles. The van der Waals surface area contributed by atoms with Gasteiger partial charge in [-0.1, -0.05) is 30.3 Å². The number of rotatable bonds is 8. The predicted molar refractivity (Wildman–Crippen MR) is 175 cm³/mol. The van der Waals surface area contributed by atoms with Gasteiger partial charge in [0.25, 0.3) is 0 Å². The van der Waals surface area contributed by atoms with Crippen LogP contribution in [0.5, 0.6) is 6.01 Å². The maximum atomic E-state index is 14.1. The molecule has 0 radical (unpaired) electrons. The fourth-order valence-electron chi connectivity index (χ4n) is 7.25. The Hall–Kier alpha value is -4.30. The van der Waals surface area contributed by atoms with Crippen molar-refractivity contribution in [2.24, 2.45) is 0 Å². The molecule has 46 heavy (non-hydrogen) atoms. The Labute approximate surface area is 269 Å². The summed E-state index contributed by atoms with van der Waals surface area (Å²) in [6, 6.07) is 15.1. The highest BCUT2D eigenvalue weighted by Gasteiger charge is 2.41. The van der Waals surface area contributed by atoms with Crippen molar-refractivity contribution in [3.8, 4) is 12.1 Å². The van der Waals surface area contributed by atoms with Gasteiger partial charge in [-0.25, -0.2) is 8.78 Å². The van der Waals surface area contributed by atoms with Gasteiger partial charge in [0.1, 0.15) is 25.3 Å². The number of anilines is 2. The van der Waals surface area contributed by atoms with E-state index in [1.807, 2.05) is 18.9 Å². The standard InChI is InChI=1S/C35H41F2N7O2/c1-24-7-4-8-25-9-5-10-30(32(24)25)42-16-12-28-29(21-42)39-34(46-22-27-19-26(37)20-41(27)3)40-33(28)43-17-18-44(31(45)11-6-14-36)35(2,23-43)13-15-38/h4-11,26-27H,12-14,16-23H2,1-3H3/b11-6+/t26-,27+,35-/m1/s1. The molecular formula is C35H41F2N7O2. The van der Waals surface area contributed by atoms with Crippen LogP contribution in [-0.2, 0) is 17.8 Å². The van der Waals surface area contributed by atoms with Crippen molar-refractivity contribution in [1.82, 2.24) is 19.8 Å². The molecule has 0 unspecified atom stereocenters. The van der Waals surface area contributed by atoms with Crippen LogP contribution in [0.3, 0.4) is 0 Å². The SMILES string of the molecule is Cc1cccc2cccc(N3CCc4c(nc(OC[C@@H]5C[C@@H](F)CN5C)nc4N4CCN(C(=O)/C=C/CF)[C@](C)(CC#N)C4)C3)c12. The Morgan fingerprint density at radius 2 is 1.98 bits per heavy atom. The van der Waals surface area contributed by atoms with Gasteiger partial charge in [-0.2, -0.15) is 15.2 Å². The quantitative estimate of drug-likeness (QED) is 0.330. The third-order valence-electron chi connectivity index (χ3n) is 9.65. The first-order chi connectivity index (χ1) is 22.2. The number of fused-ring (bicyclic) bond motifs is 2. The highest BCUT2D eigenvalue weighted by atomic mass is 19.1. The second kappa shape index (κ2) is 13.2. The molecule has 0 N–H and O–H groups in total. The summed E-state index contributed by atoms with van der Waals surface area (Å²) in [5.74, 6) is 0.434. The lowest BCUT2D eigenvalue weighted by Crippen LogP contribution is -2.62. The third-order valence-corrected chi connectivity index (χ3v) is 9.65. The van der Waals surface area contributed by atoms with Gasteiger partial charge in [-0.3, -0.25) is 9.69 Å². The van der Waals surface area contributed by atoms with Crippen LogP contribution >= 0.6 is 0 Å². The molecular weight excluding hydrogens is 588 g/mol. The molecule has 4 heterocycles. The number of likely N-dealkylation sites (N-methyl/N-ethyl adjacent to an activating group) is 1. The van der Waals surface area contributed by atoms with E-state index in [2.05, 4.69) is 59.2 Å². The molecule has 242 valence electrons. The minimum atomic E-state index is -0.882. The van der Waals surface area contributed by atoms with Crippen molar-refractivity contribution in [2.45, 2.75) is 57.4 Å². The monoisotopic (exact) mass is 629 g/mol. The van der Waals surface area contributed by atoms with Gasteiger partial charge < -0.3 is 19.4 Å². The molecule has 0 spiro atoms. The van der Waals surface area contributed by atoms with Crippen molar-refractivity contribution >= 4 is 28.2 Å². The van der Waals surface area contributed by atoms with Crippen molar-refractivity contribution in [3.05, 3.63) is 65.4 Å². The van der Waals surface area contributed by atoms with E-state index in [4.69, 9.17) is 14.7 Å². The van der Waals surface area contributed by atoms with E-state index in [1.165, 1.54) is 28.5 Å². The minimum absolute atomic E-state index is 0.0703. The Bertz CT molecular complexity index is 1670. The van der Waals surface area contributed by atoms with E-state index in [0.29, 0.717) is 45.6 Å². The van der Waals surface area contributed by atoms with Crippen LogP contribution < -0.4 is 14.5 Å². The van der Waals surface area contributed by atoms with Crippen LogP contribution in [0.2, 0.25) is 0 Å². The number of piperazine rings is 1. The zero-order chi connectivity index (χ0) is 32.4. The number of ether oxygens (including phenoxy) is 1. The fraction of sp³-hybridized carbons (Fsp3) is 0.486. The zero-order valence-corrected chi connectivity index (χ0v) is 26.8. The smallest absolute Gasteiger partial charge is 0.318 e. The lowest BCUT2D eigenvalue weighted by Gasteiger charge is -2.48. The van der Waals surface area contributed by atoms with E-state index in [1.54, 1.807) is 4.90 Å². The van der Waals surface area contributed by atoms with Gasteiger partial charge in [0.05, 0.1) is 30.3 Å². The lowest BCUT2D eigenvalue weighted by atomic mass is 9.91. The summed E-state index contributed by atoms with van der Waals surface area (Å²) in [4.78, 5) is 31.0. The van der Waals surface area contributed by atoms with Crippen LogP contribution in [0.25, 0.3) is 10.8 Å². The minimum Gasteiger partial charge on any atom is -0.462 e. The summed E-state index contributed by atoms with van der Waals surface area (Å²) >= 11 is 0. The van der Waals surface area contributed by atoms with Gasteiger partial charge in [-0.15, -0.1) is 0 Å². The zero-order valence-electron chi connectivity index (χ0n) is 26.8. The molecule has 1 amide bonds. The Balaban J connectivity index is 1.34. The molecule has 3 aliphatic heterocycles.